The van der Waals surface area contributed by atoms with Gasteiger partial charge in [0.15, 0.2) is 0 Å². The Labute approximate surface area is 202 Å². The Hall–Kier alpha value is -4.54. The van der Waals surface area contributed by atoms with Crippen LogP contribution < -0.4 is 20.9 Å². The predicted molar refractivity (Wildman–Crippen MR) is 124 cm³/mol. The maximum absolute atomic E-state index is 13.0. The van der Waals surface area contributed by atoms with Crippen molar-refractivity contribution in [3.8, 4) is 11.5 Å². The number of benzene rings is 3. The van der Waals surface area contributed by atoms with Gasteiger partial charge in [-0.2, -0.15) is 17.6 Å². The first-order valence-electron chi connectivity index (χ1n) is 10.3. The molecule has 0 aliphatic carbocycles. The quantitative estimate of drug-likeness (QED) is 0.123. The Bertz CT molecular complexity index is 1290. The number of halogens is 4. The minimum Gasteiger partial charge on any atom is -0.478 e. The molecule has 0 radical (unpaired) electrons. The van der Waals surface area contributed by atoms with E-state index in [-0.39, 0.29) is 28.9 Å². The molecule has 0 bridgehead atoms. The number of esters is 1. The van der Waals surface area contributed by atoms with Crippen LogP contribution in [0.2, 0.25) is 0 Å². The van der Waals surface area contributed by atoms with Gasteiger partial charge in [-0.05, 0) is 60.5 Å². The highest BCUT2D eigenvalue weighted by Gasteiger charge is 2.43. The first kappa shape index (κ1) is 26.1. The average molecular weight is 504 g/mol. The molecule has 5 N–H and O–H groups in total. The standard InChI is InChI=1S/C25H20F4N2O5/c26-24(27)25(28,29)36-17-9-5-14(6-10-17)23(34)35-21-4-2-1-3-18(21)19(22(32)33)11-7-15-13-16(30)8-12-20(15)31/h1-6,8-13,24H,7,30-31H2,(H,32,33)/b19-11+. The number of carboxylic acids is 1. The van der Waals surface area contributed by atoms with Crippen LogP contribution in [-0.2, 0) is 11.2 Å². The number of alkyl halides is 4. The van der Waals surface area contributed by atoms with Gasteiger partial charge in [0.1, 0.15) is 11.5 Å². The number of nitrogen functional groups attached to an aromatic ring is 2. The van der Waals surface area contributed by atoms with Gasteiger partial charge in [-0.3, -0.25) is 0 Å². The molecule has 0 spiro atoms. The zero-order valence-electron chi connectivity index (χ0n) is 18.5. The van der Waals surface area contributed by atoms with Crippen LogP contribution in [0.5, 0.6) is 11.5 Å². The van der Waals surface area contributed by atoms with E-state index in [9.17, 15) is 32.3 Å². The van der Waals surface area contributed by atoms with E-state index in [4.69, 9.17) is 16.2 Å². The molecular weight excluding hydrogens is 484 g/mol. The lowest BCUT2D eigenvalue weighted by Gasteiger charge is -2.16. The van der Waals surface area contributed by atoms with E-state index in [0.717, 1.165) is 24.3 Å². The monoisotopic (exact) mass is 504 g/mol. The van der Waals surface area contributed by atoms with Gasteiger partial charge in [0.05, 0.1) is 11.1 Å². The third-order valence-electron chi connectivity index (χ3n) is 4.90. The van der Waals surface area contributed by atoms with Crippen LogP contribution in [0.15, 0.2) is 72.8 Å². The second-order valence-corrected chi connectivity index (χ2v) is 7.46. The van der Waals surface area contributed by atoms with Crippen LogP contribution in [0, 0.1) is 0 Å². The molecule has 3 aromatic rings. The van der Waals surface area contributed by atoms with Crippen molar-refractivity contribution in [1.29, 1.82) is 0 Å². The summed E-state index contributed by atoms with van der Waals surface area (Å²) >= 11 is 0. The maximum Gasteiger partial charge on any atom is 0.461 e. The van der Waals surface area contributed by atoms with Gasteiger partial charge in [0.25, 0.3) is 0 Å². The number of allylic oxidation sites excluding steroid dienone is 1. The van der Waals surface area contributed by atoms with E-state index < -0.39 is 30.2 Å². The van der Waals surface area contributed by atoms with Gasteiger partial charge in [-0.15, -0.1) is 0 Å². The molecule has 0 saturated heterocycles. The summed E-state index contributed by atoms with van der Waals surface area (Å²) in [6.07, 6.45) is -7.21. The number of hydrogen-bond acceptors (Lipinski definition) is 6. The summed E-state index contributed by atoms with van der Waals surface area (Å²) in [5.74, 6) is -2.91. The van der Waals surface area contributed by atoms with Crippen molar-refractivity contribution >= 4 is 28.9 Å². The zero-order valence-corrected chi connectivity index (χ0v) is 18.5. The number of anilines is 2. The highest BCUT2D eigenvalue weighted by Crippen LogP contribution is 2.30. The van der Waals surface area contributed by atoms with Gasteiger partial charge in [-0.1, -0.05) is 24.3 Å². The van der Waals surface area contributed by atoms with Gasteiger partial charge in [-0.25, -0.2) is 9.59 Å². The largest absolute Gasteiger partial charge is 0.478 e. The Morgan fingerprint density at radius 3 is 2.31 bits per heavy atom. The summed E-state index contributed by atoms with van der Waals surface area (Å²) in [5, 5.41) is 9.77. The Kier molecular flexibility index (Phi) is 7.83. The minimum absolute atomic E-state index is 0.0822. The number of carbonyl (C=O) groups is 2. The summed E-state index contributed by atoms with van der Waals surface area (Å²) in [5.41, 5.74) is 13.0. The van der Waals surface area contributed by atoms with Crippen molar-refractivity contribution in [2.45, 2.75) is 19.0 Å². The maximum atomic E-state index is 13.0. The summed E-state index contributed by atoms with van der Waals surface area (Å²) in [6, 6.07) is 14.6. The number of hydrogen-bond donors (Lipinski definition) is 3. The molecular formula is C25H20F4N2O5. The second-order valence-electron chi connectivity index (χ2n) is 7.46. The molecule has 0 amide bonds. The Morgan fingerprint density at radius 2 is 1.67 bits per heavy atom. The van der Waals surface area contributed by atoms with Gasteiger partial charge in [0, 0.05) is 16.9 Å². The predicted octanol–water partition coefficient (Wildman–Crippen LogP) is 5.02. The lowest BCUT2D eigenvalue weighted by molar-refractivity contribution is -0.253. The molecule has 0 aliphatic heterocycles. The topological polar surface area (TPSA) is 125 Å². The average Bonchev–Trinajstić information content (AvgIpc) is 2.82. The van der Waals surface area contributed by atoms with Crippen molar-refractivity contribution in [3.05, 3.63) is 89.5 Å². The molecule has 0 atom stereocenters. The van der Waals surface area contributed by atoms with E-state index in [1.54, 1.807) is 24.3 Å². The van der Waals surface area contributed by atoms with Crippen LogP contribution in [0.25, 0.3) is 5.57 Å². The molecule has 0 fully saturated rings. The number of nitrogens with two attached hydrogens (primary N) is 2. The number of ether oxygens (including phenoxy) is 2. The molecule has 188 valence electrons. The molecule has 0 unspecified atom stereocenters. The molecule has 0 aromatic heterocycles. The molecule has 0 heterocycles. The van der Waals surface area contributed by atoms with Crippen LogP contribution in [-0.4, -0.2) is 29.6 Å². The van der Waals surface area contributed by atoms with Crippen LogP contribution in [0.3, 0.4) is 0 Å². The van der Waals surface area contributed by atoms with Gasteiger partial charge < -0.3 is 26.0 Å². The van der Waals surface area contributed by atoms with Gasteiger partial charge in [0.2, 0.25) is 0 Å². The smallest absolute Gasteiger partial charge is 0.461 e. The first-order valence-corrected chi connectivity index (χ1v) is 10.3. The number of carboxylic acid groups (broad SMARTS) is 1. The van der Waals surface area contributed by atoms with E-state index in [1.807, 2.05) is 0 Å². The first-order chi connectivity index (χ1) is 17.0. The molecule has 36 heavy (non-hydrogen) atoms. The second kappa shape index (κ2) is 10.8. The van der Waals surface area contributed by atoms with E-state index in [1.165, 1.54) is 24.3 Å². The van der Waals surface area contributed by atoms with Crippen molar-refractivity contribution in [2.75, 3.05) is 11.5 Å². The molecule has 0 aliphatic rings. The number of carbonyl (C=O) groups excluding carboxylic acids is 1. The highest BCUT2D eigenvalue weighted by molar-refractivity contribution is 6.16. The summed E-state index contributed by atoms with van der Waals surface area (Å²) < 4.78 is 60.0. The van der Waals surface area contributed by atoms with E-state index >= 15 is 0 Å². The van der Waals surface area contributed by atoms with E-state index in [0.29, 0.717) is 16.9 Å². The van der Waals surface area contributed by atoms with E-state index in [2.05, 4.69) is 4.74 Å². The zero-order chi connectivity index (χ0) is 26.5. The van der Waals surface area contributed by atoms with Crippen LogP contribution in [0.1, 0.15) is 21.5 Å². The van der Waals surface area contributed by atoms with Crippen molar-refractivity contribution in [1.82, 2.24) is 0 Å². The third kappa shape index (κ3) is 6.32. The number of aliphatic carboxylic acids is 1. The lowest BCUT2D eigenvalue weighted by Crippen LogP contribution is -2.33. The summed E-state index contributed by atoms with van der Waals surface area (Å²) in [7, 11) is 0. The fraction of sp³-hybridized carbons (Fsp3) is 0.120. The summed E-state index contributed by atoms with van der Waals surface area (Å²) in [6.45, 7) is 0. The van der Waals surface area contributed by atoms with Gasteiger partial charge >= 0.3 is 24.5 Å². The normalized spacial score (nSPS) is 11.9. The summed E-state index contributed by atoms with van der Waals surface area (Å²) in [4.78, 5) is 24.6. The Balaban J connectivity index is 1.83. The van der Waals surface area contributed by atoms with Crippen molar-refractivity contribution in [3.63, 3.8) is 0 Å². The fourth-order valence-electron chi connectivity index (χ4n) is 3.12. The lowest BCUT2D eigenvalue weighted by atomic mass is 10.0. The van der Waals surface area contributed by atoms with Crippen molar-refractivity contribution in [2.24, 2.45) is 0 Å². The van der Waals surface area contributed by atoms with Crippen LogP contribution in [0.4, 0.5) is 28.9 Å². The fourth-order valence-corrected chi connectivity index (χ4v) is 3.12. The molecule has 11 heteroatoms. The molecule has 7 nitrogen and oxygen atoms in total. The minimum atomic E-state index is -4.70. The molecule has 0 saturated carbocycles. The molecule has 3 rings (SSSR count). The Morgan fingerprint density at radius 1 is 1.00 bits per heavy atom. The number of para-hydroxylation sites is 1. The highest BCUT2D eigenvalue weighted by atomic mass is 19.3. The number of rotatable bonds is 9. The van der Waals surface area contributed by atoms with Crippen molar-refractivity contribution < 1.29 is 41.7 Å². The van der Waals surface area contributed by atoms with Crippen LogP contribution >= 0.6 is 0 Å². The SMILES string of the molecule is Nc1ccc(N)c(C/C=C(/C(=O)O)c2ccccc2OC(=O)c2ccc(OC(F)(F)C(F)F)cc2)c1. The third-order valence-corrected chi connectivity index (χ3v) is 4.90. The molecule has 3 aromatic carbocycles.